The molecule has 3 N–H and O–H groups in total. The average Bonchev–Trinajstić information content (AvgIpc) is 2.76. The number of sulfonamides is 1. The number of fused-ring (bicyclic) bond motifs is 1. The summed E-state index contributed by atoms with van der Waals surface area (Å²) in [6, 6.07) is 0. The maximum atomic E-state index is 11.2. The van der Waals surface area contributed by atoms with E-state index in [1.807, 2.05) is 0 Å². The van der Waals surface area contributed by atoms with E-state index in [9.17, 15) is 8.42 Å². The number of nitrogens with zero attached hydrogens (tertiary/aromatic N) is 3. The Balaban J connectivity index is 2.14. The Morgan fingerprint density at radius 1 is 1.44 bits per heavy atom. The van der Waals surface area contributed by atoms with Crippen LogP contribution >= 0.6 is 11.6 Å². The molecule has 0 unspecified atom stereocenters. The number of halogens is 1. The van der Waals surface area contributed by atoms with Crippen molar-refractivity contribution in [2.24, 2.45) is 0 Å². The standard InChI is InChI=1S/C8H11ClN6O2S/c1-10-18(16,17)3-2-11-6-5-4-12-15-7(5)14-8(9)13-6/h4,10H,2-3H2,1H3,(H2,11,12,13,14,15). The van der Waals surface area contributed by atoms with Crippen LogP contribution in [0.2, 0.25) is 5.28 Å². The van der Waals surface area contributed by atoms with E-state index < -0.39 is 10.0 Å². The molecule has 8 nitrogen and oxygen atoms in total. The van der Waals surface area contributed by atoms with Gasteiger partial charge in [-0.15, -0.1) is 0 Å². The molecular formula is C8H11ClN6O2S. The number of aromatic nitrogens is 4. The Hall–Kier alpha value is -1.45. The van der Waals surface area contributed by atoms with Crippen molar-refractivity contribution < 1.29 is 8.42 Å². The molecule has 0 aromatic carbocycles. The lowest BCUT2D eigenvalue weighted by atomic mass is 10.4. The van der Waals surface area contributed by atoms with Gasteiger partial charge in [0.2, 0.25) is 15.3 Å². The van der Waals surface area contributed by atoms with E-state index in [1.165, 1.54) is 7.05 Å². The second-order valence-corrected chi connectivity index (χ2v) is 5.81. The molecule has 0 saturated heterocycles. The average molecular weight is 291 g/mol. The summed E-state index contributed by atoms with van der Waals surface area (Å²) in [6.07, 6.45) is 1.54. The summed E-state index contributed by atoms with van der Waals surface area (Å²) in [5, 5.41) is 10.1. The number of hydrogen-bond donors (Lipinski definition) is 3. The number of hydrogen-bond acceptors (Lipinski definition) is 6. The summed E-state index contributed by atoms with van der Waals surface area (Å²) in [4.78, 5) is 7.92. The summed E-state index contributed by atoms with van der Waals surface area (Å²) < 4.78 is 24.7. The molecule has 2 heterocycles. The molecule has 0 atom stereocenters. The lowest BCUT2D eigenvalue weighted by Gasteiger charge is -2.06. The van der Waals surface area contributed by atoms with Crippen LogP contribution in [-0.2, 0) is 10.0 Å². The van der Waals surface area contributed by atoms with Crippen LogP contribution in [0, 0.1) is 0 Å². The van der Waals surface area contributed by atoms with E-state index >= 15 is 0 Å². The van der Waals surface area contributed by atoms with Gasteiger partial charge in [0.25, 0.3) is 0 Å². The van der Waals surface area contributed by atoms with Crippen molar-refractivity contribution in [2.45, 2.75) is 0 Å². The third-order valence-corrected chi connectivity index (χ3v) is 3.79. The van der Waals surface area contributed by atoms with Gasteiger partial charge in [0.05, 0.1) is 17.3 Å². The van der Waals surface area contributed by atoms with Crippen LogP contribution < -0.4 is 10.0 Å². The maximum Gasteiger partial charge on any atom is 0.226 e. The molecule has 0 spiro atoms. The van der Waals surface area contributed by atoms with E-state index in [0.717, 1.165) is 0 Å². The third-order valence-electron chi connectivity index (χ3n) is 2.26. The topological polar surface area (TPSA) is 113 Å². The van der Waals surface area contributed by atoms with E-state index in [2.05, 4.69) is 30.2 Å². The molecule has 0 fully saturated rings. The first-order chi connectivity index (χ1) is 8.52. The molecule has 0 aliphatic rings. The first-order valence-corrected chi connectivity index (χ1v) is 7.06. The van der Waals surface area contributed by atoms with Crippen LogP contribution in [0.1, 0.15) is 0 Å². The second-order valence-electron chi connectivity index (χ2n) is 3.42. The van der Waals surface area contributed by atoms with Gasteiger partial charge in [-0.25, -0.2) is 13.1 Å². The summed E-state index contributed by atoms with van der Waals surface area (Å²) in [7, 11) is -1.89. The normalized spacial score (nSPS) is 11.9. The molecule has 0 aliphatic heterocycles. The van der Waals surface area contributed by atoms with Crippen LogP contribution in [0.4, 0.5) is 5.82 Å². The zero-order valence-electron chi connectivity index (χ0n) is 9.44. The monoisotopic (exact) mass is 290 g/mol. The maximum absolute atomic E-state index is 11.2. The lowest BCUT2D eigenvalue weighted by molar-refractivity contribution is 0.588. The molecule has 0 amide bonds. The Morgan fingerprint density at radius 3 is 2.94 bits per heavy atom. The summed E-state index contributed by atoms with van der Waals surface area (Å²) >= 11 is 5.74. The van der Waals surface area contributed by atoms with Gasteiger partial charge in [0, 0.05) is 6.54 Å². The molecule has 0 bridgehead atoms. The van der Waals surface area contributed by atoms with Crippen LogP contribution in [-0.4, -0.2) is 47.9 Å². The highest BCUT2D eigenvalue weighted by atomic mass is 35.5. The van der Waals surface area contributed by atoms with E-state index in [4.69, 9.17) is 11.6 Å². The minimum atomic E-state index is -3.25. The smallest absolute Gasteiger partial charge is 0.226 e. The van der Waals surface area contributed by atoms with Gasteiger partial charge in [-0.2, -0.15) is 15.1 Å². The molecule has 2 aromatic rings. The highest BCUT2D eigenvalue weighted by molar-refractivity contribution is 7.89. The minimum absolute atomic E-state index is 0.0609. The fourth-order valence-electron chi connectivity index (χ4n) is 1.35. The van der Waals surface area contributed by atoms with Crippen molar-refractivity contribution in [1.82, 2.24) is 24.9 Å². The van der Waals surface area contributed by atoms with Crippen molar-refractivity contribution in [2.75, 3.05) is 24.7 Å². The molecule has 0 saturated carbocycles. The van der Waals surface area contributed by atoms with Gasteiger partial charge in [-0.1, -0.05) is 0 Å². The first-order valence-electron chi connectivity index (χ1n) is 5.03. The number of nitrogens with one attached hydrogen (secondary N) is 3. The zero-order chi connectivity index (χ0) is 13.2. The SMILES string of the molecule is CNS(=O)(=O)CCNc1nc(Cl)nc2[nH]ncc12. The fraction of sp³-hybridized carbons (Fsp3) is 0.375. The molecule has 0 aliphatic carbocycles. The number of rotatable bonds is 5. The molecule has 18 heavy (non-hydrogen) atoms. The highest BCUT2D eigenvalue weighted by Crippen LogP contribution is 2.19. The quantitative estimate of drug-likeness (QED) is 0.667. The summed E-state index contributed by atoms with van der Waals surface area (Å²) in [5.74, 6) is 0.384. The Labute approximate surface area is 108 Å². The van der Waals surface area contributed by atoms with Gasteiger partial charge in [0.1, 0.15) is 5.82 Å². The number of anilines is 1. The Bertz CT molecular complexity index is 655. The fourth-order valence-corrected chi connectivity index (χ4v) is 2.09. The van der Waals surface area contributed by atoms with Crippen molar-refractivity contribution >= 4 is 38.5 Å². The number of H-pyrrole nitrogens is 1. The van der Waals surface area contributed by atoms with Crippen LogP contribution in [0.25, 0.3) is 11.0 Å². The molecule has 0 radical (unpaired) electrons. The molecule has 2 rings (SSSR count). The zero-order valence-corrected chi connectivity index (χ0v) is 11.0. The Kier molecular flexibility index (Phi) is 3.64. The van der Waals surface area contributed by atoms with E-state index in [-0.39, 0.29) is 17.6 Å². The minimum Gasteiger partial charge on any atom is -0.368 e. The van der Waals surface area contributed by atoms with Gasteiger partial charge in [-0.3, -0.25) is 5.10 Å². The molecule has 2 aromatic heterocycles. The van der Waals surface area contributed by atoms with Gasteiger partial charge in [-0.05, 0) is 18.6 Å². The molecule has 10 heteroatoms. The largest absolute Gasteiger partial charge is 0.368 e. The predicted molar refractivity (Wildman–Crippen MR) is 68.0 cm³/mol. The number of aromatic amines is 1. The predicted octanol–water partition coefficient (Wildman–Crippen LogP) is -0.0326. The van der Waals surface area contributed by atoms with Crippen molar-refractivity contribution in [3.8, 4) is 0 Å². The second kappa shape index (κ2) is 5.04. The Morgan fingerprint density at radius 2 is 2.22 bits per heavy atom. The van der Waals surface area contributed by atoms with Gasteiger partial charge < -0.3 is 5.32 Å². The first kappa shape index (κ1) is 13.0. The molecule has 98 valence electrons. The van der Waals surface area contributed by atoms with Crippen LogP contribution in [0.3, 0.4) is 0 Å². The van der Waals surface area contributed by atoms with Gasteiger partial charge in [0.15, 0.2) is 5.65 Å². The van der Waals surface area contributed by atoms with E-state index in [1.54, 1.807) is 6.20 Å². The lowest BCUT2D eigenvalue weighted by Crippen LogP contribution is -2.26. The van der Waals surface area contributed by atoms with Crippen LogP contribution in [0.5, 0.6) is 0 Å². The third kappa shape index (κ3) is 2.86. The van der Waals surface area contributed by atoms with E-state index in [0.29, 0.717) is 16.9 Å². The van der Waals surface area contributed by atoms with Crippen molar-refractivity contribution in [1.29, 1.82) is 0 Å². The highest BCUT2D eigenvalue weighted by Gasteiger charge is 2.10. The summed E-state index contributed by atoms with van der Waals surface area (Å²) in [6.45, 7) is 0.205. The molecular weight excluding hydrogens is 280 g/mol. The summed E-state index contributed by atoms with van der Waals surface area (Å²) in [5.41, 5.74) is 0.494. The van der Waals surface area contributed by atoms with Crippen molar-refractivity contribution in [3.05, 3.63) is 11.5 Å². The van der Waals surface area contributed by atoms with Crippen molar-refractivity contribution in [3.63, 3.8) is 0 Å². The van der Waals surface area contributed by atoms with Crippen LogP contribution in [0.15, 0.2) is 6.20 Å². The van der Waals surface area contributed by atoms with Gasteiger partial charge >= 0.3 is 0 Å².